The fraction of sp³-hybridized carbons (Fsp3) is 0.259. The van der Waals surface area contributed by atoms with Gasteiger partial charge in [-0.1, -0.05) is 88.2 Å². The lowest BCUT2D eigenvalue weighted by Gasteiger charge is -2.31. The van der Waals surface area contributed by atoms with Crippen LogP contribution in [-0.4, -0.2) is 35.6 Å². The summed E-state index contributed by atoms with van der Waals surface area (Å²) in [4.78, 5) is 28.1. The second kappa shape index (κ2) is 12.6. The number of amides is 2. The average Bonchev–Trinajstić information content (AvgIpc) is 2.83. The van der Waals surface area contributed by atoms with Crippen molar-refractivity contribution < 1.29 is 9.59 Å². The maximum absolute atomic E-state index is 13.4. The molecule has 3 rings (SSSR count). The Morgan fingerprint density at radius 1 is 0.909 bits per heavy atom. The molecule has 4 nitrogen and oxygen atoms in total. The van der Waals surface area contributed by atoms with Crippen LogP contribution in [0.1, 0.15) is 22.3 Å². The van der Waals surface area contributed by atoms with E-state index in [0.29, 0.717) is 18.7 Å². The van der Waals surface area contributed by atoms with Crippen molar-refractivity contribution in [3.8, 4) is 0 Å². The van der Waals surface area contributed by atoms with Gasteiger partial charge in [0, 0.05) is 30.2 Å². The predicted octanol–water partition coefficient (Wildman–Crippen LogP) is 5.38. The molecule has 0 radical (unpaired) electrons. The van der Waals surface area contributed by atoms with Crippen molar-refractivity contribution in [1.82, 2.24) is 10.2 Å². The topological polar surface area (TPSA) is 49.4 Å². The summed E-state index contributed by atoms with van der Waals surface area (Å²) in [5.74, 6) is 0.852. The number of aryl methyl sites for hydroxylation is 1. The van der Waals surface area contributed by atoms with Gasteiger partial charge in [-0.05, 0) is 35.7 Å². The summed E-state index contributed by atoms with van der Waals surface area (Å²) in [6.07, 6.45) is 0.468. The Bertz CT molecular complexity index is 1040. The Kier molecular flexibility index (Phi) is 9.58. The minimum Gasteiger partial charge on any atom is -0.357 e. The van der Waals surface area contributed by atoms with Gasteiger partial charge in [-0.15, -0.1) is 11.8 Å². The lowest BCUT2D eigenvalue weighted by atomic mass is 10.0. The van der Waals surface area contributed by atoms with Crippen molar-refractivity contribution in [1.29, 1.82) is 0 Å². The SMILES string of the molecule is CNC(=O)[C@H](Cc1ccccc1)N(Cc1ccc(C)cc1)C(=O)CSCc1ccc(Br)cc1. The highest BCUT2D eigenvalue weighted by Crippen LogP contribution is 2.20. The molecule has 172 valence electrons. The molecule has 0 bridgehead atoms. The highest BCUT2D eigenvalue weighted by molar-refractivity contribution is 9.10. The van der Waals surface area contributed by atoms with Crippen LogP contribution in [0.2, 0.25) is 0 Å². The summed E-state index contributed by atoms with van der Waals surface area (Å²) in [7, 11) is 1.62. The van der Waals surface area contributed by atoms with Crippen LogP contribution in [-0.2, 0) is 28.3 Å². The van der Waals surface area contributed by atoms with E-state index in [4.69, 9.17) is 0 Å². The summed E-state index contributed by atoms with van der Waals surface area (Å²) in [6, 6.07) is 25.5. The molecular weight excluding hydrogens is 496 g/mol. The second-order valence-electron chi connectivity index (χ2n) is 7.95. The molecule has 3 aromatic carbocycles. The number of benzene rings is 3. The van der Waals surface area contributed by atoms with Crippen LogP contribution in [0, 0.1) is 6.92 Å². The van der Waals surface area contributed by atoms with Crippen molar-refractivity contribution in [3.05, 3.63) is 106 Å². The van der Waals surface area contributed by atoms with E-state index in [2.05, 4.69) is 21.2 Å². The third-order valence-corrected chi connectivity index (χ3v) is 6.92. The first kappa shape index (κ1) is 25.1. The number of likely N-dealkylation sites (N-methyl/N-ethyl adjacent to an activating group) is 1. The van der Waals surface area contributed by atoms with Crippen LogP contribution in [0.3, 0.4) is 0 Å². The molecule has 2 amide bonds. The molecular formula is C27H29BrN2O2S. The van der Waals surface area contributed by atoms with Crippen LogP contribution in [0.25, 0.3) is 0 Å². The van der Waals surface area contributed by atoms with Gasteiger partial charge in [0.25, 0.3) is 0 Å². The third-order valence-electron chi connectivity index (χ3n) is 5.40. The van der Waals surface area contributed by atoms with Crippen molar-refractivity contribution in [2.75, 3.05) is 12.8 Å². The molecule has 0 heterocycles. The monoisotopic (exact) mass is 524 g/mol. The molecule has 0 unspecified atom stereocenters. The molecule has 1 atom stereocenters. The highest BCUT2D eigenvalue weighted by atomic mass is 79.9. The average molecular weight is 526 g/mol. The molecule has 0 aliphatic carbocycles. The number of rotatable bonds is 10. The molecule has 3 aromatic rings. The fourth-order valence-electron chi connectivity index (χ4n) is 3.53. The van der Waals surface area contributed by atoms with E-state index in [0.717, 1.165) is 32.5 Å². The first-order chi connectivity index (χ1) is 16.0. The zero-order valence-corrected chi connectivity index (χ0v) is 21.4. The summed E-state index contributed by atoms with van der Waals surface area (Å²) < 4.78 is 1.03. The Balaban J connectivity index is 1.79. The highest BCUT2D eigenvalue weighted by Gasteiger charge is 2.29. The standard InChI is InChI=1S/C27H29BrN2O2S/c1-20-8-10-22(11-9-20)17-30(25(27(32)29-2)16-21-6-4-3-5-7-21)26(31)19-33-18-23-12-14-24(28)15-13-23/h3-15,25H,16-19H2,1-2H3,(H,29,32)/t25-/m0/s1. The number of halogens is 1. The van der Waals surface area contributed by atoms with Gasteiger partial charge >= 0.3 is 0 Å². The molecule has 0 aromatic heterocycles. The molecule has 0 saturated heterocycles. The quantitative estimate of drug-likeness (QED) is 0.387. The van der Waals surface area contributed by atoms with E-state index in [1.165, 1.54) is 0 Å². The number of carbonyl (C=O) groups excluding carboxylic acids is 2. The minimum absolute atomic E-state index is 0.0396. The van der Waals surface area contributed by atoms with E-state index in [9.17, 15) is 9.59 Å². The maximum atomic E-state index is 13.4. The number of hydrogen-bond donors (Lipinski definition) is 1. The molecule has 6 heteroatoms. The fourth-order valence-corrected chi connectivity index (χ4v) is 4.67. The van der Waals surface area contributed by atoms with Crippen LogP contribution in [0.15, 0.2) is 83.3 Å². The Morgan fingerprint density at radius 3 is 2.18 bits per heavy atom. The lowest BCUT2D eigenvalue weighted by molar-refractivity contribution is -0.139. The lowest BCUT2D eigenvalue weighted by Crippen LogP contribution is -2.50. The predicted molar refractivity (Wildman–Crippen MR) is 140 cm³/mol. The van der Waals surface area contributed by atoms with Crippen LogP contribution in [0.5, 0.6) is 0 Å². The van der Waals surface area contributed by atoms with Gasteiger partial charge in [0.2, 0.25) is 11.8 Å². The Morgan fingerprint density at radius 2 is 1.55 bits per heavy atom. The Hall–Kier alpha value is -2.57. The van der Waals surface area contributed by atoms with Crippen molar-refractivity contribution in [3.63, 3.8) is 0 Å². The second-order valence-corrected chi connectivity index (χ2v) is 9.85. The summed E-state index contributed by atoms with van der Waals surface area (Å²) in [6.45, 7) is 2.43. The van der Waals surface area contributed by atoms with Crippen molar-refractivity contribution in [2.45, 2.75) is 31.7 Å². The van der Waals surface area contributed by atoms with Gasteiger partial charge in [-0.2, -0.15) is 0 Å². The molecule has 0 fully saturated rings. The molecule has 33 heavy (non-hydrogen) atoms. The van der Waals surface area contributed by atoms with Gasteiger partial charge in [0.1, 0.15) is 6.04 Å². The van der Waals surface area contributed by atoms with Crippen LogP contribution in [0.4, 0.5) is 0 Å². The van der Waals surface area contributed by atoms with Gasteiger partial charge < -0.3 is 10.2 Å². The van der Waals surface area contributed by atoms with E-state index >= 15 is 0 Å². The van der Waals surface area contributed by atoms with Crippen molar-refractivity contribution >= 4 is 39.5 Å². The van der Waals surface area contributed by atoms with Gasteiger partial charge in [0.15, 0.2) is 0 Å². The normalized spacial score (nSPS) is 11.6. The number of nitrogens with zero attached hydrogens (tertiary/aromatic N) is 1. The number of carbonyl (C=O) groups is 2. The van der Waals surface area contributed by atoms with E-state index in [-0.39, 0.29) is 11.8 Å². The van der Waals surface area contributed by atoms with Crippen molar-refractivity contribution in [2.24, 2.45) is 0 Å². The Labute approximate surface area is 208 Å². The minimum atomic E-state index is -0.584. The molecule has 0 aliphatic rings. The van der Waals surface area contributed by atoms with E-state index in [1.807, 2.05) is 85.8 Å². The molecule has 0 spiro atoms. The molecule has 0 saturated carbocycles. The summed E-state index contributed by atoms with van der Waals surface area (Å²) >= 11 is 5.02. The largest absolute Gasteiger partial charge is 0.357 e. The molecule has 0 aliphatic heterocycles. The number of hydrogen-bond acceptors (Lipinski definition) is 3. The first-order valence-electron chi connectivity index (χ1n) is 10.9. The van der Waals surface area contributed by atoms with Gasteiger partial charge in [-0.3, -0.25) is 9.59 Å². The third kappa shape index (κ3) is 7.76. The smallest absolute Gasteiger partial charge is 0.242 e. The summed E-state index contributed by atoms with van der Waals surface area (Å²) in [5.41, 5.74) is 4.35. The number of thioether (sulfide) groups is 1. The maximum Gasteiger partial charge on any atom is 0.242 e. The first-order valence-corrected chi connectivity index (χ1v) is 12.8. The van der Waals surface area contributed by atoms with E-state index < -0.39 is 6.04 Å². The van der Waals surface area contributed by atoms with E-state index in [1.54, 1.807) is 23.7 Å². The van der Waals surface area contributed by atoms with Gasteiger partial charge in [0.05, 0.1) is 5.75 Å². The van der Waals surface area contributed by atoms with Gasteiger partial charge in [-0.25, -0.2) is 0 Å². The number of nitrogens with one attached hydrogen (secondary N) is 1. The van der Waals surface area contributed by atoms with Crippen LogP contribution < -0.4 is 5.32 Å². The molecule has 1 N–H and O–H groups in total. The zero-order valence-electron chi connectivity index (χ0n) is 19.0. The summed E-state index contributed by atoms with van der Waals surface area (Å²) in [5, 5.41) is 2.76. The van der Waals surface area contributed by atoms with Crippen LogP contribution >= 0.6 is 27.7 Å². The zero-order chi connectivity index (χ0) is 23.6.